The molecule has 0 atom stereocenters. The minimum absolute atomic E-state index is 0.412. The molecular weight excluding hydrogens is 379 g/mol. The van der Waals surface area contributed by atoms with Crippen molar-refractivity contribution in [1.29, 1.82) is 0 Å². The van der Waals surface area contributed by atoms with E-state index in [0.717, 1.165) is 0 Å². The zero-order valence-corrected chi connectivity index (χ0v) is 14.5. The summed E-state index contributed by atoms with van der Waals surface area (Å²) in [4.78, 5) is 3.72. The molecule has 6 heteroatoms. The minimum Gasteiger partial charge on any atom is -0.228 e. The Morgan fingerprint density at radius 3 is 1.70 bits per heavy atom. The van der Waals surface area contributed by atoms with E-state index in [4.69, 9.17) is 46.4 Å². The van der Waals surface area contributed by atoms with Gasteiger partial charge in [-0.2, -0.15) is 4.39 Å². The first-order valence-electron chi connectivity index (χ1n) is 6.52. The molecule has 0 saturated carbocycles. The van der Waals surface area contributed by atoms with Crippen molar-refractivity contribution in [3.8, 4) is 22.3 Å². The number of nitrogens with zero attached hydrogens (tertiary/aromatic N) is 1. The lowest BCUT2D eigenvalue weighted by molar-refractivity contribution is 0.584. The smallest absolute Gasteiger partial charge is 0.213 e. The van der Waals surface area contributed by atoms with Crippen molar-refractivity contribution in [2.45, 2.75) is 0 Å². The van der Waals surface area contributed by atoms with Gasteiger partial charge in [-0.15, -0.1) is 0 Å². The van der Waals surface area contributed by atoms with Gasteiger partial charge in [0.15, 0.2) is 0 Å². The molecule has 0 spiro atoms. The molecule has 23 heavy (non-hydrogen) atoms. The van der Waals surface area contributed by atoms with E-state index in [1.807, 2.05) is 0 Å². The third-order valence-electron chi connectivity index (χ3n) is 3.31. The summed E-state index contributed by atoms with van der Waals surface area (Å²) in [6, 6.07) is 11.4. The minimum atomic E-state index is -0.611. The molecule has 0 amide bonds. The van der Waals surface area contributed by atoms with Gasteiger partial charge in [0.05, 0.1) is 0 Å². The molecular formula is C17H8Cl4FN. The van der Waals surface area contributed by atoms with Gasteiger partial charge in [0, 0.05) is 49.0 Å². The van der Waals surface area contributed by atoms with Crippen LogP contribution in [0.4, 0.5) is 4.39 Å². The second-order valence-corrected chi connectivity index (χ2v) is 6.49. The Morgan fingerprint density at radius 1 is 0.652 bits per heavy atom. The third-order valence-corrected chi connectivity index (χ3v) is 4.41. The quantitative estimate of drug-likeness (QED) is 0.425. The standard InChI is InChI=1S/C17H8Cl4FN/c18-9-1-3-11(15(20)5-9)13-7-17(22)23-8-14(13)12-4-2-10(19)6-16(12)21/h1-8H. The molecule has 2 aromatic carbocycles. The van der Waals surface area contributed by atoms with Gasteiger partial charge in [-0.3, -0.25) is 0 Å². The zero-order valence-electron chi connectivity index (χ0n) is 11.5. The van der Waals surface area contributed by atoms with Gasteiger partial charge >= 0.3 is 0 Å². The number of hydrogen-bond acceptors (Lipinski definition) is 1. The average Bonchev–Trinajstić information content (AvgIpc) is 2.48. The van der Waals surface area contributed by atoms with Crippen LogP contribution in [-0.2, 0) is 0 Å². The normalized spacial score (nSPS) is 10.8. The van der Waals surface area contributed by atoms with E-state index in [1.165, 1.54) is 12.3 Å². The van der Waals surface area contributed by atoms with E-state index < -0.39 is 5.95 Å². The summed E-state index contributed by atoms with van der Waals surface area (Å²) in [6.07, 6.45) is 1.42. The van der Waals surface area contributed by atoms with Crippen molar-refractivity contribution in [2.24, 2.45) is 0 Å². The van der Waals surface area contributed by atoms with Gasteiger partial charge in [0.25, 0.3) is 0 Å². The maximum absolute atomic E-state index is 13.7. The summed E-state index contributed by atoms with van der Waals surface area (Å²) < 4.78 is 13.7. The largest absolute Gasteiger partial charge is 0.228 e. The summed E-state index contributed by atoms with van der Waals surface area (Å²) >= 11 is 24.4. The second kappa shape index (κ2) is 6.66. The van der Waals surface area contributed by atoms with Gasteiger partial charge in [0.2, 0.25) is 5.95 Å². The van der Waals surface area contributed by atoms with E-state index in [0.29, 0.717) is 42.3 Å². The van der Waals surface area contributed by atoms with E-state index >= 15 is 0 Å². The summed E-state index contributed by atoms with van der Waals surface area (Å²) in [7, 11) is 0. The van der Waals surface area contributed by atoms with Gasteiger partial charge < -0.3 is 0 Å². The number of hydrogen-bond donors (Lipinski definition) is 0. The van der Waals surface area contributed by atoms with Gasteiger partial charge in [-0.05, 0) is 29.8 Å². The Morgan fingerprint density at radius 2 is 1.17 bits per heavy atom. The van der Waals surface area contributed by atoms with Crippen LogP contribution in [0.2, 0.25) is 20.1 Å². The van der Waals surface area contributed by atoms with Crippen LogP contribution in [0.1, 0.15) is 0 Å². The monoisotopic (exact) mass is 385 g/mol. The van der Waals surface area contributed by atoms with Gasteiger partial charge in [-0.1, -0.05) is 58.5 Å². The first-order chi connectivity index (χ1) is 11.0. The van der Waals surface area contributed by atoms with E-state index in [2.05, 4.69) is 4.98 Å². The van der Waals surface area contributed by atoms with Crippen LogP contribution in [0.3, 0.4) is 0 Å². The number of halogens is 5. The number of pyridine rings is 1. The highest BCUT2D eigenvalue weighted by Crippen LogP contribution is 2.39. The lowest BCUT2D eigenvalue weighted by Crippen LogP contribution is -1.92. The lowest BCUT2D eigenvalue weighted by atomic mass is 9.96. The molecule has 3 rings (SSSR count). The Bertz CT molecular complexity index is 896. The fraction of sp³-hybridized carbons (Fsp3) is 0. The molecule has 0 aliphatic rings. The first-order valence-corrected chi connectivity index (χ1v) is 8.03. The molecule has 0 fully saturated rings. The fourth-order valence-corrected chi connectivity index (χ4v) is 3.30. The van der Waals surface area contributed by atoms with Crippen molar-refractivity contribution in [3.63, 3.8) is 0 Å². The van der Waals surface area contributed by atoms with Crippen LogP contribution >= 0.6 is 46.4 Å². The van der Waals surface area contributed by atoms with Crippen molar-refractivity contribution >= 4 is 46.4 Å². The third kappa shape index (κ3) is 3.46. The Hall–Kier alpha value is -1.32. The Balaban J connectivity index is 2.27. The molecule has 1 nitrogen and oxygen atoms in total. The fourth-order valence-electron chi connectivity index (χ4n) is 2.28. The number of benzene rings is 2. The Kier molecular flexibility index (Phi) is 4.79. The highest BCUT2D eigenvalue weighted by atomic mass is 35.5. The average molecular weight is 387 g/mol. The molecule has 0 N–H and O–H groups in total. The lowest BCUT2D eigenvalue weighted by Gasteiger charge is -2.13. The molecule has 0 aliphatic heterocycles. The molecule has 1 heterocycles. The predicted octanol–water partition coefficient (Wildman–Crippen LogP) is 7.17. The van der Waals surface area contributed by atoms with E-state index in [9.17, 15) is 4.39 Å². The SMILES string of the molecule is Fc1cc(-c2ccc(Cl)cc2Cl)c(-c2ccc(Cl)cc2Cl)cn1. The first kappa shape index (κ1) is 16.5. The maximum Gasteiger partial charge on any atom is 0.213 e. The molecule has 0 saturated heterocycles. The van der Waals surface area contributed by atoms with Crippen molar-refractivity contribution in [3.05, 3.63) is 74.7 Å². The number of aromatic nitrogens is 1. The van der Waals surface area contributed by atoms with Crippen LogP contribution in [0.25, 0.3) is 22.3 Å². The Labute approximate surface area is 152 Å². The van der Waals surface area contributed by atoms with Crippen LogP contribution in [0.15, 0.2) is 48.7 Å². The van der Waals surface area contributed by atoms with E-state index in [1.54, 1.807) is 36.4 Å². The number of rotatable bonds is 2. The summed E-state index contributed by atoms with van der Waals surface area (Å²) in [5.41, 5.74) is 2.55. The molecule has 0 radical (unpaired) electrons. The highest BCUT2D eigenvalue weighted by Gasteiger charge is 2.15. The summed E-state index contributed by atoms with van der Waals surface area (Å²) in [5, 5.41) is 1.87. The van der Waals surface area contributed by atoms with Crippen molar-refractivity contribution in [2.75, 3.05) is 0 Å². The van der Waals surface area contributed by atoms with Crippen molar-refractivity contribution in [1.82, 2.24) is 4.98 Å². The molecule has 0 aliphatic carbocycles. The van der Waals surface area contributed by atoms with Crippen LogP contribution in [0.5, 0.6) is 0 Å². The maximum atomic E-state index is 13.7. The zero-order chi connectivity index (χ0) is 16.6. The van der Waals surface area contributed by atoms with Gasteiger partial charge in [0.1, 0.15) is 0 Å². The van der Waals surface area contributed by atoms with Crippen LogP contribution in [0, 0.1) is 5.95 Å². The molecule has 3 aromatic rings. The molecule has 1 aromatic heterocycles. The van der Waals surface area contributed by atoms with E-state index in [-0.39, 0.29) is 0 Å². The molecule has 0 unspecified atom stereocenters. The predicted molar refractivity (Wildman–Crippen MR) is 95.1 cm³/mol. The topological polar surface area (TPSA) is 12.9 Å². The van der Waals surface area contributed by atoms with Crippen LogP contribution < -0.4 is 0 Å². The summed E-state index contributed by atoms with van der Waals surface area (Å²) in [6.45, 7) is 0. The highest BCUT2D eigenvalue weighted by molar-refractivity contribution is 6.37. The van der Waals surface area contributed by atoms with Crippen LogP contribution in [-0.4, -0.2) is 4.98 Å². The molecule has 116 valence electrons. The second-order valence-electron chi connectivity index (χ2n) is 4.80. The van der Waals surface area contributed by atoms with Crippen molar-refractivity contribution < 1.29 is 4.39 Å². The van der Waals surface area contributed by atoms with Gasteiger partial charge in [-0.25, -0.2) is 4.98 Å². The molecule has 0 bridgehead atoms. The summed E-state index contributed by atoms with van der Waals surface area (Å²) in [5.74, 6) is -0.611.